The highest BCUT2D eigenvalue weighted by Gasteiger charge is 2.16. The van der Waals surface area contributed by atoms with Crippen molar-refractivity contribution in [3.8, 4) is 17.6 Å². The largest absolute Gasteiger partial charge is 0.493 e. The number of rotatable bonds is 8. The molecule has 0 heterocycles. The minimum Gasteiger partial charge on any atom is -0.493 e. The first-order chi connectivity index (χ1) is 16.8. The van der Waals surface area contributed by atoms with E-state index in [2.05, 4.69) is 26.6 Å². The zero-order valence-electron chi connectivity index (χ0n) is 18.3. The second-order valence-electron chi connectivity index (χ2n) is 6.99. The predicted molar refractivity (Wildman–Crippen MR) is 140 cm³/mol. The summed E-state index contributed by atoms with van der Waals surface area (Å²) >= 11 is 15.4. The van der Waals surface area contributed by atoms with E-state index >= 15 is 0 Å². The molecule has 35 heavy (non-hydrogen) atoms. The van der Waals surface area contributed by atoms with E-state index in [1.807, 2.05) is 6.07 Å². The predicted octanol–water partition coefficient (Wildman–Crippen LogP) is 6.33. The lowest BCUT2D eigenvalue weighted by atomic mass is 10.1. The van der Waals surface area contributed by atoms with E-state index in [1.54, 1.807) is 60.7 Å². The van der Waals surface area contributed by atoms with Gasteiger partial charge in [-0.25, -0.2) is 0 Å². The summed E-state index contributed by atoms with van der Waals surface area (Å²) in [5.74, 6) is -0.438. The molecular formula is C25H18BrCl2N3O4. The number of hydrogen-bond acceptors (Lipinski definition) is 5. The second-order valence-corrected chi connectivity index (χ2v) is 8.68. The van der Waals surface area contributed by atoms with Crippen molar-refractivity contribution in [1.82, 2.24) is 0 Å². The second kappa shape index (κ2) is 12.3. The van der Waals surface area contributed by atoms with Gasteiger partial charge in [0.15, 0.2) is 18.1 Å². The fraction of sp³-hybridized carbons (Fsp3) is 0.0800. The summed E-state index contributed by atoms with van der Waals surface area (Å²) < 4.78 is 11.5. The third kappa shape index (κ3) is 7.23. The Morgan fingerprint density at radius 2 is 1.86 bits per heavy atom. The van der Waals surface area contributed by atoms with E-state index in [0.717, 1.165) is 0 Å². The smallest absolute Gasteiger partial charge is 0.266 e. The van der Waals surface area contributed by atoms with Gasteiger partial charge in [-0.15, -0.1) is 0 Å². The SMILES string of the molecule is COc1cc(/C=C(/C#N)C(=O)Nc2cccc(Cl)c2)cc(Br)c1OCC(=O)Nc1ccccc1Cl. The van der Waals surface area contributed by atoms with Gasteiger partial charge in [-0.1, -0.05) is 41.4 Å². The van der Waals surface area contributed by atoms with Crippen LogP contribution in [0.3, 0.4) is 0 Å². The lowest BCUT2D eigenvalue weighted by Gasteiger charge is -2.14. The summed E-state index contributed by atoms with van der Waals surface area (Å²) in [7, 11) is 1.43. The minimum absolute atomic E-state index is 0.133. The molecule has 0 spiro atoms. The molecular weight excluding hydrogens is 557 g/mol. The van der Waals surface area contributed by atoms with Crippen LogP contribution in [0, 0.1) is 11.3 Å². The van der Waals surface area contributed by atoms with Crippen LogP contribution in [0.1, 0.15) is 5.56 Å². The van der Waals surface area contributed by atoms with Crippen molar-refractivity contribution in [2.45, 2.75) is 0 Å². The first-order valence-electron chi connectivity index (χ1n) is 10.0. The average molecular weight is 575 g/mol. The Bertz CT molecular complexity index is 1340. The molecule has 7 nitrogen and oxygen atoms in total. The van der Waals surface area contributed by atoms with Gasteiger partial charge in [0, 0.05) is 10.7 Å². The minimum atomic E-state index is -0.596. The Kier molecular flexibility index (Phi) is 9.15. The summed E-state index contributed by atoms with van der Waals surface area (Å²) in [4.78, 5) is 24.8. The molecule has 0 radical (unpaired) electrons. The number of halogens is 3. The first kappa shape index (κ1) is 26.1. The molecule has 0 fully saturated rings. The number of carbonyl (C=O) groups is 2. The maximum Gasteiger partial charge on any atom is 0.266 e. The lowest BCUT2D eigenvalue weighted by Crippen LogP contribution is -2.20. The van der Waals surface area contributed by atoms with E-state index in [1.165, 1.54) is 13.2 Å². The number of nitriles is 1. The summed E-state index contributed by atoms with van der Waals surface area (Å²) in [5.41, 5.74) is 1.29. The number of benzene rings is 3. The van der Waals surface area contributed by atoms with Gasteiger partial charge >= 0.3 is 0 Å². The van der Waals surface area contributed by atoms with Crippen molar-refractivity contribution in [2.24, 2.45) is 0 Å². The molecule has 0 atom stereocenters. The molecule has 0 aliphatic heterocycles. The fourth-order valence-electron chi connectivity index (χ4n) is 2.93. The molecule has 0 aromatic heterocycles. The van der Waals surface area contributed by atoms with Crippen LogP contribution in [0.25, 0.3) is 6.08 Å². The van der Waals surface area contributed by atoms with Crippen molar-refractivity contribution in [3.05, 3.63) is 86.3 Å². The average Bonchev–Trinajstić information content (AvgIpc) is 2.82. The Morgan fingerprint density at radius 1 is 1.09 bits per heavy atom. The summed E-state index contributed by atoms with van der Waals surface area (Å²) in [6.45, 7) is -0.305. The molecule has 0 bridgehead atoms. The highest BCUT2D eigenvalue weighted by atomic mass is 79.9. The Morgan fingerprint density at radius 3 is 2.54 bits per heavy atom. The van der Waals surface area contributed by atoms with Crippen LogP contribution in [0.4, 0.5) is 11.4 Å². The van der Waals surface area contributed by atoms with Crippen LogP contribution in [0.5, 0.6) is 11.5 Å². The van der Waals surface area contributed by atoms with Gasteiger partial charge in [0.25, 0.3) is 11.8 Å². The monoisotopic (exact) mass is 573 g/mol. The van der Waals surface area contributed by atoms with E-state index in [9.17, 15) is 14.9 Å². The number of para-hydroxylation sites is 1. The van der Waals surface area contributed by atoms with Crippen LogP contribution in [-0.4, -0.2) is 25.5 Å². The number of anilines is 2. The molecule has 178 valence electrons. The molecule has 3 aromatic carbocycles. The van der Waals surface area contributed by atoms with Gasteiger partial charge in [-0.05, 0) is 70.0 Å². The highest BCUT2D eigenvalue weighted by Crippen LogP contribution is 2.37. The number of nitrogens with zero attached hydrogens (tertiary/aromatic N) is 1. The molecule has 0 saturated carbocycles. The molecule has 10 heteroatoms. The van der Waals surface area contributed by atoms with Gasteiger partial charge in [-0.3, -0.25) is 9.59 Å². The lowest BCUT2D eigenvalue weighted by molar-refractivity contribution is -0.118. The fourth-order valence-corrected chi connectivity index (χ4v) is 3.88. The summed E-state index contributed by atoms with van der Waals surface area (Å²) in [6.07, 6.45) is 1.40. The Labute approximate surface area is 220 Å². The maximum absolute atomic E-state index is 12.6. The normalized spacial score (nSPS) is 10.8. The van der Waals surface area contributed by atoms with Crippen LogP contribution < -0.4 is 20.1 Å². The van der Waals surface area contributed by atoms with Crippen molar-refractivity contribution in [1.29, 1.82) is 5.26 Å². The molecule has 3 rings (SSSR count). The number of methoxy groups -OCH3 is 1. The standard InChI is InChI=1S/C25H18BrCl2N3O4/c1-34-22-11-15(9-16(13-29)25(33)30-18-6-4-5-17(27)12-18)10-19(26)24(22)35-14-23(32)31-21-8-3-2-7-20(21)28/h2-12H,14H2,1H3,(H,30,33)(H,31,32)/b16-9-. The molecule has 3 aromatic rings. The van der Waals surface area contributed by atoms with Crippen LogP contribution in [0.2, 0.25) is 10.0 Å². The number of ether oxygens (including phenoxy) is 2. The van der Waals surface area contributed by atoms with E-state index in [-0.39, 0.29) is 17.9 Å². The van der Waals surface area contributed by atoms with Gasteiger partial charge in [0.2, 0.25) is 0 Å². The first-order valence-corrected chi connectivity index (χ1v) is 11.6. The zero-order chi connectivity index (χ0) is 25.4. The zero-order valence-corrected chi connectivity index (χ0v) is 21.4. The van der Waals surface area contributed by atoms with Crippen molar-refractivity contribution >= 4 is 68.4 Å². The van der Waals surface area contributed by atoms with Crippen molar-refractivity contribution in [3.63, 3.8) is 0 Å². The van der Waals surface area contributed by atoms with Crippen LogP contribution in [-0.2, 0) is 9.59 Å². The molecule has 0 aliphatic rings. The third-order valence-electron chi connectivity index (χ3n) is 4.51. The Hall–Kier alpha value is -3.51. The summed E-state index contributed by atoms with van der Waals surface area (Å²) in [5, 5.41) is 15.7. The number of amides is 2. The van der Waals surface area contributed by atoms with Crippen molar-refractivity contribution < 1.29 is 19.1 Å². The van der Waals surface area contributed by atoms with Gasteiger partial charge < -0.3 is 20.1 Å². The molecule has 0 aliphatic carbocycles. The topological polar surface area (TPSA) is 100 Å². The molecule has 0 saturated heterocycles. The maximum atomic E-state index is 12.6. The van der Waals surface area contributed by atoms with E-state index in [0.29, 0.717) is 37.2 Å². The third-order valence-corrected chi connectivity index (χ3v) is 5.66. The number of carbonyl (C=O) groups excluding carboxylic acids is 2. The Balaban J connectivity index is 1.75. The summed E-state index contributed by atoms with van der Waals surface area (Å²) in [6, 6.07) is 18.5. The van der Waals surface area contributed by atoms with E-state index in [4.69, 9.17) is 32.7 Å². The molecule has 2 N–H and O–H groups in total. The number of hydrogen-bond donors (Lipinski definition) is 2. The van der Waals surface area contributed by atoms with Gasteiger partial charge in [0.05, 0.1) is 22.3 Å². The molecule has 2 amide bonds. The van der Waals surface area contributed by atoms with Crippen molar-refractivity contribution in [2.75, 3.05) is 24.4 Å². The molecule has 0 unspecified atom stereocenters. The number of nitrogens with one attached hydrogen (secondary N) is 2. The highest BCUT2D eigenvalue weighted by molar-refractivity contribution is 9.10. The quantitative estimate of drug-likeness (QED) is 0.242. The van der Waals surface area contributed by atoms with Crippen LogP contribution >= 0.6 is 39.1 Å². The van der Waals surface area contributed by atoms with Gasteiger partial charge in [0.1, 0.15) is 11.6 Å². The van der Waals surface area contributed by atoms with Crippen LogP contribution in [0.15, 0.2) is 70.7 Å². The van der Waals surface area contributed by atoms with E-state index < -0.39 is 11.8 Å². The van der Waals surface area contributed by atoms with Gasteiger partial charge in [-0.2, -0.15) is 5.26 Å².